The minimum Gasteiger partial charge on any atom is -0.507 e. The lowest BCUT2D eigenvalue weighted by molar-refractivity contribution is 0.393. The van der Waals surface area contributed by atoms with Gasteiger partial charge >= 0.3 is 0 Å². The van der Waals surface area contributed by atoms with Crippen molar-refractivity contribution < 1.29 is 14.2 Å². The lowest BCUT2D eigenvalue weighted by atomic mass is 10.1. The summed E-state index contributed by atoms with van der Waals surface area (Å²) in [5.74, 6) is -0.114. The summed E-state index contributed by atoms with van der Waals surface area (Å²) in [6.45, 7) is 3.29. The third-order valence-electron chi connectivity index (χ3n) is 1.89. The number of halogens is 1. The van der Waals surface area contributed by atoms with Crippen LogP contribution in [0.1, 0.15) is 11.1 Å². The maximum Gasteiger partial charge on any atom is 0.133 e. The van der Waals surface area contributed by atoms with E-state index in [1.165, 1.54) is 7.11 Å². The van der Waals surface area contributed by atoms with E-state index in [-0.39, 0.29) is 5.75 Å². The number of phenols is 1. The third-order valence-corrected chi connectivity index (χ3v) is 1.89. The van der Waals surface area contributed by atoms with E-state index in [0.29, 0.717) is 16.9 Å². The van der Waals surface area contributed by atoms with Gasteiger partial charge in [0.1, 0.15) is 17.3 Å². The van der Waals surface area contributed by atoms with E-state index < -0.39 is 5.82 Å². The van der Waals surface area contributed by atoms with Gasteiger partial charge in [-0.2, -0.15) is 0 Å². The fourth-order valence-electron chi connectivity index (χ4n) is 1.15. The van der Waals surface area contributed by atoms with E-state index in [4.69, 9.17) is 4.74 Å². The van der Waals surface area contributed by atoms with Gasteiger partial charge in [0, 0.05) is 17.2 Å². The largest absolute Gasteiger partial charge is 0.507 e. The molecule has 0 saturated carbocycles. The second kappa shape index (κ2) is 3.01. The molecule has 0 aliphatic heterocycles. The molecular weight excluding hydrogens is 159 g/mol. The lowest BCUT2D eigenvalue weighted by Gasteiger charge is -2.10. The maximum absolute atomic E-state index is 13.0. The van der Waals surface area contributed by atoms with Crippen molar-refractivity contribution in [1.29, 1.82) is 0 Å². The quantitative estimate of drug-likeness (QED) is 0.699. The van der Waals surface area contributed by atoms with Crippen LogP contribution in [0.3, 0.4) is 0 Å². The molecule has 2 nitrogen and oxygen atoms in total. The van der Waals surface area contributed by atoms with Crippen LogP contribution < -0.4 is 4.74 Å². The third kappa shape index (κ3) is 1.22. The Morgan fingerprint density at radius 1 is 1.33 bits per heavy atom. The van der Waals surface area contributed by atoms with Crippen LogP contribution >= 0.6 is 0 Å². The monoisotopic (exact) mass is 170 g/mol. The average Bonchev–Trinajstić information content (AvgIpc) is 2.02. The zero-order chi connectivity index (χ0) is 9.30. The number of ether oxygens (including phenoxy) is 1. The number of hydrogen-bond donors (Lipinski definition) is 1. The Morgan fingerprint density at radius 2 is 1.92 bits per heavy atom. The standard InChI is InChI=1S/C9H11FO2/c1-5-7(10)4-8(11)6(2)9(5)12-3/h4,11H,1-3H3. The molecule has 0 spiro atoms. The van der Waals surface area contributed by atoms with E-state index >= 15 is 0 Å². The van der Waals surface area contributed by atoms with Gasteiger partial charge in [0.15, 0.2) is 0 Å². The van der Waals surface area contributed by atoms with E-state index in [2.05, 4.69) is 0 Å². The first-order valence-electron chi connectivity index (χ1n) is 3.60. The Morgan fingerprint density at radius 3 is 2.42 bits per heavy atom. The van der Waals surface area contributed by atoms with Crippen LogP contribution in [0.4, 0.5) is 4.39 Å². The molecule has 12 heavy (non-hydrogen) atoms. The van der Waals surface area contributed by atoms with Crippen LogP contribution in [-0.2, 0) is 0 Å². The molecule has 1 aromatic rings. The first-order chi connectivity index (χ1) is 5.57. The molecule has 0 atom stereocenters. The second-order valence-corrected chi connectivity index (χ2v) is 2.66. The Labute approximate surface area is 70.6 Å². The van der Waals surface area contributed by atoms with Crippen LogP contribution in [0.15, 0.2) is 6.07 Å². The van der Waals surface area contributed by atoms with E-state index in [1.807, 2.05) is 0 Å². The van der Waals surface area contributed by atoms with E-state index in [9.17, 15) is 9.50 Å². The molecule has 0 heterocycles. The summed E-state index contributed by atoms with van der Waals surface area (Å²) in [4.78, 5) is 0. The molecule has 0 radical (unpaired) electrons. The number of methoxy groups -OCH3 is 1. The van der Waals surface area contributed by atoms with Gasteiger partial charge in [-0.15, -0.1) is 0 Å². The summed E-state index contributed by atoms with van der Waals surface area (Å²) in [6.07, 6.45) is 0. The van der Waals surface area contributed by atoms with E-state index in [0.717, 1.165) is 6.07 Å². The highest BCUT2D eigenvalue weighted by Crippen LogP contribution is 2.31. The predicted octanol–water partition coefficient (Wildman–Crippen LogP) is 2.16. The molecule has 0 aromatic heterocycles. The van der Waals surface area contributed by atoms with Crippen molar-refractivity contribution >= 4 is 0 Å². The van der Waals surface area contributed by atoms with Gasteiger partial charge in [0.25, 0.3) is 0 Å². The summed E-state index contributed by atoms with van der Waals surface area (Å²) in [5, 5.41) is 9.22. The van der Waals surface area contributed by atoms with Gasteiger partial charge in [0.05, 0.1) is 7.11 Å². The second-order valence-electron chi connectivity index (χ2n) is 2.66. The molecular formula is C9H11FO2. The lowest BCUT2D eigenvalue weighted by Crippen LogP contribution is -1.94. The molecule has 1 aromatic carbocycles. The average molecular weight is 170 g/mol. The maximum atomic E-state index is 13.0. The molecule has 66 valence electrons. The SMILES string of the molecule is COc1c(C)c(O)cc(F)c1C. The van der Waals surface area contributed by atoms with Gasteiger partial charge in [-0.25, -0.2) is 4.39 Å². The summed E-state index contributed by atoms with van der Waals surface area (Å²) < 4.78 is 17.9. The van der Waals surface area contributed by atoms with Gasteiger partial charge in [0.2, 0.25) is 0 Å². The Hall–Kier alpha value is -1.25. The van der Waals surface area contributed by atoms with Crippen LogP contribution in [0.2, 0.25) is 0 Å². The number of phenolic OH excluding ortho intramolecular Hbond substituents is 1. The minimum absolute atomic E-state index is 0.0741. The van der Waals surface area contributed by atoms with Crippen LogP contribution in [-0.4, -0.2) is 12.2 Å². The summed E-state index contributed by atoms with van der Waals surface area (Å²) >= 11 is 0. The summed E-state index contributed by atoms with van der Waals surface area (Å²) in [5.41, 5.74) is 0.990. The predicted molar refractivity (Wildman–Crippen MR) is 44.1 cm³/mol. The zero-order valence-corrected chi connectivity index (χ0v) is 7.31. The first-order valence-corrected chi connectivity index (χ1v) is 3.60. The highest BCUT2D eigenvalue weighted by Gasteiger charge is 2.11. The van der Waals surface area contributed by atoms with Crippen molar-refractivity contribution in [3.63, 3.8) is 0 Å². The van der Waals surface area contributed by atoms with Gasteiger partial charge in [-0.3, -0.25) is 0 Å². The highest BCUT2D eigenvalue weighted by atomic mass is 19.1. The van der Waals surface area contributed by atoms with Crippen molar-refractivity contribution in [3.05, 3.63) is 23.0 Å². The van der Waals surface area contributed by atoms with Gasteiger partial charge < -0.3 is 9.84 Å². The van der Waals surface area contributed by atoms with Crippen LogP contribution in [0.25, 0.3) is 0 Å². The van der Waals surface area contributed by atoms with Crippen LogP contribution in [0, 0.1) is 19.7 Å². The molecule has 1 N–H and O–H groups in total. The number of rotatable bonds is 1. The van der Waals surface area contributed by atoms with Crippen molar-refractivity contribution in [1.82, 2.24) is 0 Å². The normalized spacial score (nSPS) is 10.0. The molecule has 3 heteroatoms. The van der Waals surface area contributed by atoms with Crippen molar-refractivity contribution in [2.45, 2.75) is 13.8 Å². The molecule has 0 saturated heterocycles. The molecule has 0 aliphatic carbocycles. The highest BCUT2D eigenvalue weighted by molar-refractivity contribution is 5.48. The number of aromatic hydroxyl groups is 1. The summed E-state index contributed by atoms with van der Waals surface area (Å²) in [7, 11) is 1.45. The zero-order valence-electron chi connectivity index (χ0n) is 7.31. The summed E-state index contributed by atoms with van der Waals surface area (Å²) in [6, 6.07) is 1.09. The fourth-order valence-corrected chi connectivity index (χ4v) is 1.15. The van der Waals surface area contributed by atoms with Crippen molar-refractivity contribution in [2.24, 2.45) is 0 Å². The van der Waals surface area contributed by atoms with Crippen molar-refractivity contribution in [3.8, 4) is 11.5 Å². The molecule has 0 fully saturated rings. The molecule has 0 amide bonds. The smallest absolute Gasteiger partial charge is 0.133 e. The van der Waals surface area contributed by atoms with Gasteiger partial charge in [-0.05, 0) is 13.8 Å². The molecule has 0 bridgehead atoms. The molecule has 0 unspecified atom stereocenters. The molecule has 0 aliphatic rings. The minimum atomic E-state index is -0.449. The topological polar surface area (TPSA) is 29.5 Å². The Bertz CT molecular complexity index is 282. The Kier molecular flexibility index (Phi) is 2.22. The number of benzene rings is 1. The van der Waals surface area contributed by atoms with E-state index in [1.54, 1.807) is 13.8 Å². The first kappa shape index (κ1) is 8.84. The number of hydrogen-bond acceptors (Lipinski definition) is 2. The molecule has 1 rings (SSSR count). The fraction of sp³-hybridized carbons (Fsp3) is 0.333. The van der Waals surface area contributed by atoms with Crippen LogP contribution in [0.5, 0.6) is 11.5 Å². The van der Waals surface area contributed by atoms with Crippen molar-refractivity contribution in [2.75, 3.05) is 7.11 Å². The van der Waals surface area contributed by atoms with Gasteiger partial charge in [-0.1, -0.05) is 0 Å². The Balaban J connectivity index is 3.42.